The van der Waals surface area contributed by atoms with Gasteiger partial charge in [-0.05, 0) is 49.3 Å². The van der Waals surface area contributed by atoms with Crippen LogP contribution in [0.5, 0.6) is 0 Å². The Hall–Kier alpha value is -2.26. The lowest BCUT2D eigenvalue weighted by Crippen LogP contribution is -2.81. The van der Waals surface area contributed by atoms with E-state index in [1.807, 2.05) is 41.5 Å². The third-order valence-electron chi connectivity index (χ3n) is 11.0. The van der Waals surface area contributed by atoms with Crippen LogP contribution >= 0.6 is 0 Å². The Morgan fingerprint density at radius 3 is 2.28 bits per heavy atom. The summed E-state index contributed by atoms with van der Waals surface area (Å²) in [6.07, 6.45) is -3.52. The van der Waals surface area contributed by atoms with Crippen LogP contribution in [-0.4, -0.2) is 69.5 Å². The number of ether oxygens (including phenoxy) is 3. The van der Waals surface area contributed by atoms with Gasteiger partial charge in [0.2, 0.25) is 0 Å². The molecule has 0 unspecified atom stereocenters. The van der Waals surface area contributed by atoms with E-state index in [-0.39, 0.29) is 24.9 Å². The van der Waals surface area contributed by atoms with Crippen LogP contribution in [0.2, 0.25) is 0 Å². The minimum atomic E-state index is -1.66. The molecule has 1 heterocycles. The fourth-order valence-electron chi connectivity index (χ4n) is 8.45. The molecule has 5 rings (SSSR count). The van der Waals surface area contributed by atoms with Crippen molar-refractivity contribution in [1.29, 1.82) is 0 Å². The molecule has 3 N–H and O–H groups in total. The zero-order valence-corrected chi connectivity index (χ0v) is 23.9. The van der Waals surface area contributed by atoms with Gasteiger partial charge in [0.25, 0.3) is 0 Å². The van der Waals surface area contributed by atoms with Crippen molar-refractivity contribution in [1.82, 2.24) is 0 Å². The van der Waals surface area contributed by atoms with Crippen molar-refractivity contribution in [3.8, 4) is 0 Å². The van der Waals surface area contributed by atoms with Gasteiger partial charge >= 0.3 is 11.9 Å². The monoisotopic (exact) mass is 542 g/mol. The van der Waals surface area contributed by atoms with Crippen LogP contribution < -0.4 is 0 Å². The van der Waals surface area contributed by atoms with E-state index in [4.69, 9.17) is 14.2 Å². The van der Waals surface area contributed by atoms with Gasteiger partial charge < -0.3 is 29.5 Å². The summed E-state index contributed by atoms with van der Waals surface area (Å²) in [7, 11) is 0. The normalized spacial score (nSPS) is 44.6. The predicted octanol–water partition coefficient (Wildman–Crippen LogP) is 3.42. The molecule has 4 aliphatic rings. The zero-order valence-electron chi connectivity index (χ0n) is 23.9. The van der Waals surface area contributed by atoms with Gasteiger partial charge in [0.1, 0.15) is 23.9 Å². The summed E-state index contributed by atoms with van der Waals surface area (Å²) < 4.78 is 18.4. The fourth-order valence-corrected chi connectivity index (χ4v) is 8.45. The molecule has 1 aromatic rings. The number of hydrogen-bond acceptors (Lipinski definition) is 8. The summed E-state index contributed by atoms with van der Waals surface area (Å²) in [6, 6.07) is 8.58. The van der Waals surface area contributed by atoms with Crippen molar-refractivity contribution in [3.05, 3.63) is 47.0 Å². The number of carbonyl (C=O) groups excluding carboxylic acids is 2. The molecule has 0 aromatic heterocycles. The predicted molar refractivity (Wildman–Crippen MR) is 142 cm³/mol. The lowest BCUT2D eigenvalue weighted by molar-refractivity contribution is -0.358. The number of benzene rings is 1. The topological polar surface area (TPSA) is 123 Å². The highest BCUT2D eigenvalue weighted by molar-refractivity contribution is 5.89. The first-order valence-electron chi connectivity index (χ1n) is 14.0. The maximum Gasteiger partial charge on any atom is 0.338 e. The second-order valence-corrected chi connectivity index (χ2v) is 13.2. The Morgan fingerprint density at radius 1 is 1.08 bits per heavy atom. The number of carbonyl (C=O) groups is 2. The molecule has 3 aliphatic carbocycles. The van der Waals surface area contributed by atoms with Crippen LogP contribution in [0.25, 0.3) is 0 Å². The third kappa shape index (κ3) is 3.71. The highest BCUT2D eigenvalue weighted by Gasteiger charge is 2.76. The van der Waals surface area contributed by atoms with Gasteiger partial charge in [-0.1, -0.05) is 58.4 Å². The molecule has 39 heavy (non-hydrogen) atoms. The Kier molecular flexibility index (Phi) is 6.62. The van der Waals surface area contributed by atoms with Crippen LogP contribution in [-0.2, 0) is 19.0 Å². The van der Waals surface area contributed by atoms with Crippen LogP contribution in [0.3, 0.4) is 0 Å². The summed E-state index contributed by atoms with van der Waals surface area (Å²) >= 11 is 0. The zero-order chi connectivity index (χ0) is 28.7. The smallest absolute Gasteiger partial charge is 0.338 e. The first kappa shape index (κ1) is 28.3. The molecule has 1 saturated heterocycles. The number of hydrogen-bond donors (Lipinski definition) is 3. The average molecular weight is 543 g/mol. The van der Waals surface area contributed by atoms with Crippen molar-refractivity contribution in [2.75, 3.05) is 6.61 Å². The number of aliphatic hydroxyl groups excluding tert-OH is 2. The van der Waals surface area contributed by atoms with E-state index in [2.05, 4.69) is 0 Å². The van der Waals surface area contributed by atoms with Gasteiger partial charge in [0.05, 0.1) is 24.2 Å². The van der Waals surface area contributed by atoms with Crippen LogP contribution in [0.15, 0.2) is 41.5 Å². The van der Waals surface area contributed by atoms with Crippen LogP contribution in [0, 0.1) is 28.6 Å². The second-order valence-electron chi connectivity index (χ2n) is 13.2. The molecule has 2 bridgehead atoms. The SMILES string of the molecule is CC(=O)O[C@@]12CO[C@@H]1C[C@H](C)[C@]1(C)[C@@H]2[C@H](OC(=O)c2ccccc2)[C@]2(O)C[C@H](C)C(C)=C([C@H](O)[C@@H]1O)C2(C)C. The Bertz CT molecular complexity index is 1190. The van der Waals surface area contributed by atoms with E-state index < -0.39 is 64.3 Å². The van der Waals surface area contributed by atoms with Crippen molar-refractivity contribution in [3.63, 3.8) is 0 Å². The van der Waals surface area contributed by atoms with Crippen molar-refractivity contribution in [2.45, 2.75) is 96.9 Å². The first-order valence-corrected chi connectivity index (χ1v) is 14.0. The maximum absolute atomic E-state index is 13.7. The summed E-state index contributed by atoms with van der Waals surface area (Å²) in [5.41, 5.74) is -3.32. The summed E-state index contributed by atoms with van der Waals surface area (Å²) in [6.45, 7) is 12.8. The Morgan fingerprint density at radius 2 is 1.72 bits per heavy atom. The molecule has 0 spiro atoms. The van der Waals surface area contributed by atoms with E-state index in [0.717, 1.165) is 5.57 Å². The minimum Gasteiger partial charge on any atom is -0.455 e. The number of rotatable bonds is 3. The van der Waals surface area contributed by atoms with E-state index in [9.17, 15) is 24.9 Å². The van der Waals surface area contributed by atoms with E-state index >= 15 is 0 Å². The number of aliphatic hydroxyl groups is 3. The molecule has 0 radical (unpaired) electrons. The highest BCUT2D eigenvalue weighted by Crippen LogP contribution is 2.66. The number of allylic oxidation sites excluding steroid dienone is 1. The molecule has 8 heteroatoms. The van der Waals surface area contributed by atoms with Gasteiger partial charge in [-0.2, -0.15) is 0 Å². The first-order chi connectivity index (χ1) is 18.1. The van der Waals surface area contributed by atoms with Gasteiger partial charge in [-0.15, -0.1) is 0 Å². The standard InChI is InChI=1S/C31H42O8/c1-16-14-31(36)26(38-27(35)20-11-9-8-10-12-20)24-29(7,25(34)23(33)22(18(16)3)28(31,5)6)17(2)13-21-30(24,15-37-21)39-19(4)32/h8-12,16-17,21,23-26,33-34,36H,13-15H2,1-7H3/t16-,17-,21+,23-,24-,25-,26-,29+,30-,31+/m0/s1. The lowest BCUT2D eigenvalue weighted by atomic mass is 9.42. The van der Waals surface area contributed by atoms with Crippen LogP contribution in [0.4, 0.5) is 0 Å². The molecule has 8 nitrogen and oxygen atoms in total. The van der Waals surface area contributed by atoms with Crippen molar-refractivity contribution < 1.29 is 39.1 Å². The molecule has 3 fully saturated rings. The largest absolute Gasteiger partial charge is 0.455 e. The average Bonchev–Trinajstić information content (AvgIpc) is 2.87. The number of esters is 2. The lowest BCUT2D eigenvalue weighted by Gasteiger charge is -2.69. The second kappa shape index (κ2) is 9.13. The van der Waals surface area contributed by atoms with Crippen LogP contribution in [0.1, 0.15) is 71.7 Å². The summed E-state index contributed by atoms with van der Waals surface area (Å²) in [5.74, 6) is -2.41. The summed E-state index contributed by atoms with van der Waals surface area (Å²) in [5, 5.41) is 36.9. The molecule has 10 atom stereocenters. The quantitative estimate of drug-likeness (QED) is 0.392. The van der Waals surface area contributed by atoms with Crippen molar-refractivity contribution >= 4 is 11.9 Å². The van der Waals surface area contributed by atoms with Gasteiger partial charge in [0.15, 0.2) is 5.60 Å². The van der Waals surface area contributed by atoms with E-state index in [1.165, 1.54) is 6.92 Å². The van der Waals surface area contributed by atoms with E-state index in [1.54, 1.807) is 30.3 Å². The van der Waals surface area contributed by atoms with E-state index in [0.29, 0.717) is 17.6 Å². The fraction of sp³-hybridized carbons (Fsp3) is 0.677. The molecular weight excluding hydrogens is 500 g/mol. The molecule has 214 valence electrons. The molecule has 0 amide bonds. The van der Waals surface area contributed by atoms with Gasteiger partial charge in [0, 0.05) is 17.8 Å². The molecule has 1 aliphatic heterocycles. The molecular formula is C31H42O8. The van der Waals surface area contributed by atoms with Gasteiger partial charge in [-0.25, -0.2) is 4.79 Å². The molecule has 1 aromatic carbocycles. The molecule has 2 saturated carbocycles. The third-order valence-corrected chi connectivity index (χ3v) is 11.0. The van der Waals surface area contributed by atoms with Gasteiger partial charge in [-0.3, -0.25) is 4.79 Å². The Balaban J connectivity index is 1.80. The highest BCUT2D eigenvalue weighted by atomic mass is 16.6. The van der Waals surface area contributed by atoms with Crippen molar-refractivity contribution in [2.24, 2.45) is 28.6 Å². The number of fused-ring (bicyclic) bond motifs is 5. The Labute approximate surface area is 230 Å². The minimum absolute atomic E-state index is 0.0419. The summed E-state index contributed by atoms with van der Waals surface area (Å²) in [4.78, 5) is 26.3. The maximum atomic E-state index is 13.7.